The highest BCUT2D eigenvalue weighted by Gasteiger charge is 2.08. The van der Waals surface area contributed by atoms with Crippen molar-refractivity contribution in [3.8, 4) is 10.6 Å². The zero-order valence-electron chi connectivity index (χ0n) is 13.0. The van der Waals surface area contributed by atoms with Crippen LogP contribution in [0.1, 0.15) is 5.56 Å². The minimum atomic E-state index is -0.284. The van der Waals surface area contributed by atoms with Gasteiger partial charge in [-0.25, -0.2) is 4.68 Å². The maximum absolute atomic E-state index is 12.0. The van der Waals surface area contributed by atoms with Gasteiger partial charge >= 0.3 is 0 Å². The van der Waals surface area contributed by atoms with Crippen LogP contribution < -0.4 is 10.9 Å². The molecule has 6 heteroatoms. The number of hydrogen-bond donors (Lipinski definition) is 1. The van der Waals surface area contributed by atoms with Crippen LogP contribution in [0.3, 0.4) is 0 Å². The van der Waals surface area contributed by atoms with Gasteiger partial charge in [0.1, 0.15) is 12.2 Å². The monoisotopic (exact) mass is 339 g/mol. The van der Waals surface area contributed by atoms with E-state index in [1.165, 1.54) is 10.7 Å². The first-order valence-electron chi connectivity index (χ1n) is 7.65. The predicted molar refractivity (Wildman–Crippen MR) is 95.0 cm³/mol. The summed E-state index contributed by atoms with van der Waals surface area (Å²) in [5.74, 6) is -0.219. The third-order valence-electron chi connectivity index (χ3n) is 3.51. The molecule has 5 nitrogen and oxygen atoms in total. The zero-order valence-corrected chi connectivity index (χ0v) is 13.8. The summed E-state index contributed by atoms with van der Waals surface area (Å²) in [6.45, 7) is 0.453. The molecular weight excluding hydrogens is 322 g/mol. The Hall–Kier alpha value is -2.73. The SMILES string of the molecule is O=C(Cn1nc(-c2cccs2)ccc1=O)NCCc1ccccc1. The number of nitrogens with zero attached hydrogens (tertiary/aromatic N) is 2. The van der Waals surface area contributed by atoms with Crippen LogP contribution in [0.25, 0.3) is 10.6 Å². The Labute approximate surface area is 143 Å². The molecular formula is C18H17N3O2S. The minimum Gasteiger partial charge on any atom is -0.354 e. The van der Waals surface area contributed by atoms with Crippen molar-refractivity contribution in [1.82, 2.24) is 15.1 Å². The van der Waals surface area contributed by atoms with Crippen LogP contribution in [-0.4, -0.2) is 22.2 Å². The lowest BCUT2D eigenvalue weighted by atomic mass is 10.1. The fourth-order valence-electron chi connectivity index (χ4n) is 2.30. The van der Waals surface area contributed by atoms with Crippen LogP contribution in [0.2, 0.25) is 0 Å². The second kappa shape index (κ2) is 7.70. The summed E-state index contributed by atoms with van der Waals surface area (Å²) in [7, 11) is 0. The van der Waals surface area contributed by atoms with E-state index >= 15 is 0 Å². The molecule has 0 bridgehead atoms. The van der Waals surface area contributed by atoms with Gasteiger partial charge in [0, 0.05) is 12.6 Å². The van der Waals surface area contributed by atoms with Crippen LogP contribution in [0.5, 0.6) is 0 Å². The molecule has 0 aliphatic rings. The molecule has 1 N–H and O–H groups in total. The third-order valence-corrected chi connectivity index (χ3v) is 4.40. The Morgan fingerprint density at radius 1 is 1.08 bits per heavy atom. The number of hydrogen-bond acceptors (Lipinski definition) is 4. The molecule has 0 saturated heterocycles. The van der Waals surface area contributed by atoms with Gasteiger partial charge in [-0.1, -0.05) is 36.4 Å². The summed E-state index contributed by atoms with van der Waals surface area (Å²) in [5.41, 5.74) is 1.57. The molecule has 2 heterocycles. The first kappa shape index (κ1) is 16.1. The normalized spacial score (nSPS) is 10.5. The van der Waals surface area contributed by atoms with E-state index in [0.29, 0.717) is 12.2 Å². The Kier molecular flexibility index (Phi) is 5.18. The van der Waals surface area contributed by atoms with Gasteiger partial charge in [-0.3, -0.25) is 9.59 Å². The number of carbonyl (C=O) groups is 1. The van der Waals surface area contributed by atoms with Gasteiger partial charge in [0.05, 0.1) is 4.88 Å². The van der Waals surface area contributed by atoms with Crippen molar-refractivity contribution in [3.05, 3.63) is 75.9 Å². The lowest BCUT2D eigenvalue weighted by Gasteiger charge is -2.08. The van der Waals surface area contributed by atoms with E-state index in [2.05, 4.69) is 10.4 Å². The molecule has 0 fully saturated rings. The number of amides is 1. The molecule has 0 radical (unpaired) electrons. The zero-order chi connectivity index (χ0) is 16.8. The van der Waals surface area contributed by atoms with Gasteiger partial charge in [-0.15, -0.1) is 11.3 Å². The van der Waals surface area contributed by atoms with Crippen molar-refractivity contribution in [3.63, 3.8) is 0 Å². The van der Waals surface area contributed by atoms with E-state index < -0.39 is 0 Å². The number of nitrogens with one attached hydrogen (secondary N) is 1. The second-order valence-corrected chi connectivity index (χ2v) is 6.23. The summed E-state index contributed by atoms with van der Waals surface area (Å²) in [6.07, 6.45) is 0.754. The molecule has 0 saturated carbocycles. The third kappa shape index (κ3) is 4.17. The summed E-state index contributed by atoms with van der Waals surface area (Å²) in [4.78, 5) is 24.9. The molecule has 3 aromatic rings. The summed E-state index contributed by atoms with van der Waals surface area (Å²) in [6, 6.07) is 16.9. The van der Waals surface area contributed by atoms with Crippen molar-refractivity contribution in [2.45, 2.75) is 13.0 Å². The van der Waals surface area contributed by atoms with Gasteiger partial charge in [0.2, 0.25) is 5.91 Å². The highest BCUT2D eigenvalue weighted by atomic mass is 32.1. The molecule has 1 aromatic carbocycles. The molecule has 0 unspecified atom stereocenters. The Morgan fingerprint density at radius 3 is 2.67 bits per heavy atom. The van der Waals surface area contributed by atoms with E-state index in [4.69, 9.17) is 0 Å². The number of thiophene rings is 1. The van der Waals surface area contributed by atoms with E-state index in [1.54, 1.807) is 17.4 Å². The van der Waals surface area contributed by atoms with E-state index in [9.17, 15) is 9.59 Å². The number of carbonyl (C=O) groups excluding carboxylic acids is 1. The van der Waals surface area contributed by atoms with Gasteiger partial charge < -0.3 is 5.32 Å². The Balaban J connectivity index is 1.60. The molecule has 1 amide bonds. The van der Waals surface area contributed by atoms with E-state index in [-0.39, 0.29) is 18.0 Å². The smallest absolute Gasteiger partial charge is 0.267 e. The summed E-state index contributed by atoms with van der Waals surface area (Å²) < 4.78 is 1.20. The molecule has 2 aromatic heterocycles. The van der Waals surface area contributed by atoms with Crippen LogP contribution >= 0.6 is 11.3 Å². The van der Waals surface area contributed by atoms with Crippen molar-refractivity contribution >= 4 is 17.2 Å². The molecule has 24 heavy (non-hydrogen) atoms. The van der Waals surface area contributed by atoms with Crippen molar-refractivity contribution in [2.24, 2.45) is 0 Å². The van der Waals surface area contributed by atoms with Crippen LogP contribution in [0, 0.1) is 0 Å². The summed E-state index contributed by atoms with van der Waals surface area (Å²) >= 11 is 1.54. The van der Waals surface area contributed by atoms with Crippen molar-refractivity contribution in [1.29, 1.82) is 0 Å². The van der Waals surface area contributed by atoms with Gasteiger partial charge in [-0.2, -0.15) is 5.10 Å². The van der Waals surface area contributed by atoms with Crippen molar-refractivity contribution in [2.75, 3.05) is 6.54 Å². The first-order chi connectivity index (χ1) is 11.7. The van der Waals surface area contributed by atoms with Gasteiger partial charge in [0.25, 0.3) is 5.56 Å². The van der Waals surface area contributed by atoms with E-state index in [0.717, 1.165) is 16.9 Å². The molecule has 0 atom stereocenters. The highest BCUT2D eigenvalue weighted by Crippen LogP contribution is 2.20. The average Bonchev–Trinajstić information content (AvgIpc) is 3.12. The van der Waals surface area contributed by atoms with Crippen molar-refractivity contribution < 1.29 is 4.79 Å². The largest absolute Gasteiger partial charge is 0.354 e. The molecule has 122 valence electrons. The maximum Gasteiger partial charge on any atom is 0.267 e. The first-order valence-corrected chi connectivity index (χ1v) is 8.53. The molecule has 0 spiro atoms. The number of rotatable bonds is 6. The highest BCUT2D eigenvalue weighted by molar-refractivity contribution is 7.13. The number of aromatic nitrogens is 2. The quantitative estimate of drug-likeness (QED) is 0.750. The molecule has 0 aliphatic heterocycles. The van der Waals surface area contributed by atoms with Gasteiger partial charge in [-0.05, 0) is 29.5 Å². The van der Waals surface area contributed by atoms with Crippen LogP contribution in [0.15, 0.2) is 64.8 Å². The van der Waals surface area contributed by atoms with Crippen LogP contribution in [0.4, 0.5) is 0 Å². The second-order valence-electron chi connectivity index (χ2n) is 5.28. The molecule has 0 aliphatic carbocycles. The fraction of sp³-hybridized carbons (Fsp3) is 0.167. The minimum absolute atomic E-state index is 0.0765. The van der Waals surface area contributed by atoms with E-state index in [1.807, 2.05) is 47.8 Å². The van der Waals surface area contributed by atoms with Crippen LogP contribution in [-0.2, 0) is 17.8 Å². The molecule has 3 rings (SSSR count). The Bertz CT molecular complexity index is 857. The summed E-state index contributed by atoms with van der Waals surface area (Å²) in [5, 5.41) is 9.05. The average molecular weight is 339 g/mol. The van der Waals surface area contributed by atoms with Gasteiger partial charge in [0.15, 0.2) is 0 Å². The number of benzene rings is 1. The fourth-order valence-corrected chi connectivity index (χ4v) is 2.99. The standard InChI is InChI=1S/C18H17N3O2S/c22-17(19-11-10-14-5-2-1-3-6-14)13-21-18(23)9-8-15(20-21)16-7-4-12-24-16/h1-9,12H,10-11,13H2,(H,19,22). The predicted octanol–water partition coefficient (Wildman–Crippen LogP) is 2.33. The lowest BCUT2D eigenvalue weighted by molar-refractivity contribution is -0.121. The maximum atomic E-state index is 12.0. The Morgan fingerprint density at radius 2 is 1.92 bits per heavy atom. The lowest BCUT2D eigenvalue weighted by Crippen LogP contribution is -2.34. The topological polar surface area (TPSA) is 64.0 Å².